The van der Waals surface area contributed by atoms with Crippen molar-refractivity contribution in [1.29, 1.82) is 0 Å². The third-order valence-corrected chi connectivity index (χ3v) is 3.01. The molecule has 4 atom stereocenters. The molecule has 2 saturated heterocycles. The number of ether oxygens (including phenoxy) is 4. The first kappa shape index (κ1) is 14.0. The molecule has 0 aromatic rings. The van der Waals surface area contributed by atoms with Crippen LogP contribution in [0.25, 0.3) is 0 Å². The van der Waals surface area contributed by atoms with Gasteiger partial charge in [-0.2, -0.15) is 0 Å². The van der Waals surface area contributed by atoms with E-state index in [0.29, 0.717) is 13.2 Å². The van der Waals surface area contributed by atoms with Crippen LogP contribution < -0.4 is 0 Å². The molecule has 0 spiro atoms. The third-order valence-electron chi connectivity index (χ3n) is 3.01. The summed E-state index contributed by atoms with van der Waals surface area (Å²) >= 11 is 0. The number of hydrogen-bond donors (Lipinski definition) is 1. The summed E-state index contributed by atoms with van der Waals surface area (Å²) in [6, 6.07) is 0. The first-order valence-electron chi connectivity index (χ1n) is 6.29. The van der Waals surface area contributed by atoms with Crippen molar-refractivity contribution in [3.8, 4) is 0 Å². The van der Waals surface area contributed by atoms with E-state index >= 15 is 0 Å². The quantitative estimate of drug-likeness (QED) is 0.606. The van der Waals surface area contributed by atoms with Gasteiger partial charge in [-0.05, 0) is 27.7 Å². The van der Waals surface area contributed by atoms with Gasteiger partial charge in [0.2, 0.25) is 0 Å². The van der Waals surface area contributed by atoms with Crippen molar-refractivity contribution in [1.82, 2.24) is 0 Å². The van der Waals surface area contributed by atoms with Crippen molar-refractivity contribution >= 4 is 0 Å². The van der Waals surface area contributed by atoms with Crippen LogP contribution >= 0.6 is 0 Å². The van der Waals surface area contributed by atoms with E-state index in [2.05, 4.69) is 0 Å². The molecule has 5 heteroatoms. The molecule has 5 nitrogen and oxygen atoms in total. The molecule has 0 amide bonds. The van der Waals surface area contributed by atoms with Crippen LogP contribution in [0.1, 0.15) is 27.7 Å². The fourth-order valence-corrected chi connectivity index (χ4v) is 2.11. The van der Waals surface area contributed by atoms with E-state index in [1.165, 1.54) is 5.57 Å². The van der Waals surface area contributed by atoms with E-state index in [1.54, 1.807) is 0 Å². The van der Waals surface area contributed by atoms with Crippen molar-refractivity contribution in [3.05, 3.63) is 11.6 Å². The lowest BCUT2D eigenvalue weighted by Gasteiger charge is -2.22. The summed E-state index contributed by atoms with van der Waals surface area (Å²) in [4.78, 5) is 0. The Morgan fingerprint density at radius 3 is 2.67 bits per heavy atom. The molecule has 2 aliphatic rings. The molecule has 2 aliphatic heterocycles. The fraction of sp³-hybridized carbons (Fsp3) is 0.846. The maximum Gasteiger partial charge on any atom is 0.190 e. The number of rotatable bonds is 4. The summed E-state index contributed by atoms with van der Waals surface area (Å²) in [5, 5.41) is 10.1. The molecule has 0 aliphatic carbocycles. The van der Waals surface area contributed by atoms with Gasteiger partial charge in [0, 0.05) is 0 Å². The Morgan fingerprint density at radius 2 is 2.06 bits per heavy atom. The minimum absolute atomic E-state index is 0.338. The highest BCUT2D eigenvalue weighted by molar-refractivity contribution is 4.94. The molecular weight excluding hydrogens is 236 g/mol. The molecule has 0 radical (unpaired) electrons. The summed E-state index contributed by atoms with van der Waals surface area (Å²) in [6.45, 7) is 8.50. The van der Waals surface area contributed by atoms with Crippen LogP contribution in [0, 0.1) is 0 Å². The molecule has 0 saturated carbocycles. The Kier molecular flexibility index (Phi) is 4.08. The van der Waals surface area contributed by atoms with E-state index in [1.807, 2.05) is 33.8 Å². The largest absolute Gasteiger partial charge is 0.387 e. The van der Waals surface area contributed by atoms with Crippen molar-refractivity contribution in [2.45, 2.75) is 58.1 Å². The molecule has 1 N–H and O–H groups in total. The molecule has 0 aromatic heterocycles. The molecule has 0 bridgehead atoms. The van der Waals surface area contributed by atoms with Crippen molar-refractivity contribution < 1.29 is 24.1 Å². The highest BCUT2D eigenvalue weighted by atomic mass is 16.8. The van der Waals surface area contributed by atoms with Crippen LogP contribution in [-0.4, -0.2) is 48.7 Å². The molecule has 2 fully saturated rings. The van der Waals surface area contributed by atoms with Gasteiger partial charge in [0.25, 0.3) is 0 Å². The normalized spacial score (nSPS) is 37.6. The first-order chi connectivity index (χ1) is 8.39. The predicted octanol–water partition coefficient (Wildman–Crippen LogP) is 1.21. The number of aliphatic hydroxyl groups excluding tert-OH is 1. The summed E-state index contributed by atoms with van der Waals surface area (Å²) in [7, 11) is 0. The Balaban J connectivity index is 1.79. The monoisotopic (exact) mass is 258 g/mol. The molecule has 18 heavy (non-hydrogen) atoms. The minimum Gasteiger partial charge on any atom is -0.387 e. The lowest BCUT2D eigenvalue weighted by molar-refractivity contribution is -0.219. The molecule has 2 rings (SSSR count). The minimum atomic E-state index is -0.705. The van der Waals surface area contributed by atoms with E-state index in [9.17, 15) is 5.11 Å². The van der Waals surface area contributed by atoms with Crippen LogP contribution in [0.3, 0.4) is 0 Å². The van der Waals surface area contributed by atoms with E-state index < -0.39 is 24.3 Å². The zero-order valence-electron chi connectivity index (χ0n) is 11.4. The Bertz CT molecular complexity index is 321. The van der Waals surface area contributed by atoms with Crippen LogP contribution in [0.4, 0.5) is 0 Å². The van der Waals surface area contributed by atoms with E-state index in [4.69, 9.17) is 18.9 Å². The molecule has 0 aromatic carbocycles. The predicted molar refractivity (Wildman–Crippen MR) is 65.0 cm³/mol. The SMILES string of the molecule is CC(C)=CCOC[C@H]1O[C@@H]2OC(C)(C)O[C@@H]2[C@H]1O. The molecule has 104 valence electrons. The van der Waals surface area contributed by atoms with Gasteiger partial charge < -0.3 is 24.1 Å². The molecule has 0 unspecified atom stereocenters. The topological polar surface area (TPSA) is 57.2 Å². The number of hydrogen-bond acceptors (Lipinski definition) is 5. The Hall–Kier alpha value is -0.460. The molecular formula is C13H22O5. The van der Waals surface area contributed by atoms with Crippen molar-refractivity contribution in [2.24, 2.45) is 0 Å². The zero-order chi connectivity index (χ0) is 13.3. The summed E-state index contributed by atoms with van der Waals surface area (Å²) < 4.78 is 22.2. The lowest BCUT2D eigenvalue weighted by Crippen LogP contribution is -2.36. The second-order valence-corrected chi connectivity index (χ2v) is 5.45. The van der Waals surface area contributed by atoms with Crippen LogP contribution in [0.15, 0.2) is 11.6 Å². The van der Waals surface area contributed by atoms with Crippen molar-refractivity contribution in [3.63, 3.8) is 0 Å². The lowest BCUT2D eigenvalue weighted by atomic mass is 10.1. The highest BCUT2D eigenvalue weighted by Gasteiger charge is 2.54. The first-order valence-corrected chi connectivity index (χ1v) is 6.29. The van der Waals surface area contributed by atoms with Gasteiger partial charge in [-0.1, -0.05) is 11.6 Å². The summed E-state index contributed by atoms with van der Waals surface area (Å²) in [6.07, 6.45) is -0.0209. The van der Waals surface area contributed by atoms with Crippen LogP contribution in [-0.2, 0) is 18.9 Å². The maximum atomic E-state index is 10.1. The standard InChI is InChI=1S/C13H22O5/c1-8(2)5-6-15-7-9-10(14)11-12(16-9)18-13(3,4)17-11/h5,9-12,14H,6-7H2,1-4H3/t9-,10+,11-,12-/m1/s1. The third kappa shape index (κ3) is 3.10. The summed E-state index contributed by atoms with van der Waals surface area (Å²) in [5.74, 6) is -0.690. The van der Waals surface area contributed by atoms with Gasteiger partial charge in [0.1, 0.15) is 18.3 Å². The molecule has 2 heterocycles. The van der Waals surface area contributed by atoms with Gasteiger partial charge in [0.05, 0.1) is 13.2 Å². The van der Waals surface area contributed by atoms with Crippen LogP contribution in [0.5, 0.6) is 0 Å². The fourth-order valence-electron chi connectivity index (χ4n) is 2.11. The Labute approximate surface area is 108 Å². The smallest absolute Gasteiger partial charge is 0.190 e. The number of allylic oxidation sites excluding steroid dienone is 1. The van der Waals surface area contributed by atoms with Gasteiger partial charge in [-0.3, -0.25) is 0 Å². The average molecular weight is 258 g/mol. The zero-order valence-corrected chi connectivity index (χ0v) is 11.4. The highest BCUT2D eigenvalue weighted by Crippen LogP contribution is 2.37. The van der Waals surface area contributed by atoms with Crippen LogP contribution in [0.2, 0.25) is 0 Å². The number of fused-ring (bicyclic) bond motifs is 1. The Morgan fingerprint density at radius 1 is 1.33 bits per heavy atom. The second-order valence-electron chi connectivity index (χ2n) is 5.45. The van der Waals surface area contributed by atoms with E-state index in [-0.39, 0.29) is 6.10 Å². The van der Waals surface area contributed by atoms with Gasteiger partial charge >= 0.3 is 0 Å². The van der Waals surface area contributed by atoms with Crippen molar-refractivity contribution in [2.75, 3.05) is 13.2 Å². The van der Waals surface area contributed by atoms with Gasteiger partial charge in [-0.25, -0.2) is 0 Å². The summed E-state index contributed by atoms with van der Waals surface area (Å²) in [5.41, 5.74) is 1.20. The number of aliphatic hydroxyl groups is 1. The van der Waals surface area contributed by atoms with E-state index in [0.717, 1.165) is 0 Å². The van der Waals surface area contributed by atoms with Gasteiger partial charge in [-0.15, -0.1) is 0 Å². The average Bonchev–Trinajstić information content (AvgIpc) is 2.69. The second kappa shape index (κ2) is 5.27. The van der Waals surface area contributed by atoms with Gasteiger partial charge in [0.15, 0.2) is 12.1 Å². The maximum absolute atomic E-state index is 10.1.